The molecule has 28 heavy (non-hydrogen) atoms. The average molecular weight is 438 g/mol. The maximum Gasteiger partial charge on any atom is 0.228 e. The Bertz CT molecular complexity index is 1230. The molecule has 0 aliphatic heterocycles. The molecule has 2 N–H and O–H groups in total. The molecule has 4 aromatic heterocycles. The van der Waals surface area contributed by atoms with Gasteiger partial charge in [-0.05, 0) is 57.9 Å². The van der Waals surface area contributed by atoms with Gasteiger partial charge < -0.3 is 10.6 Å². The Labute approximate surface area is 168 Å². The van der Waals surface area contributed by atoms with E-state index in [1.165, 1.54) is 0 Å². The second-order valence-electron chi connectivity index (χ2n) is 6.75. The number of aromatic nitrogens is 5. The third-order valence-electron chi connectivity index (χ3n) is 4.83. The van der Waals surface area contributed by atoms with Gasteiger partial charge in [-0.25, -0.2) is 19.5 Å². The average Bonchev–Trinajstić information content (AvgIpc) is 3.48. The Hall–Kier alpha value is -3.07. The minimum Gasteiger partial charge on any atom is -0.373 e. The number of halogens is 1. The van der Waals surface area contributed by atoms with Gasteiger partial charge in [0.05, 0.1) is 0 Å². The van der Waals surface area contributed by atoms with Crippen LogP contribution in [0.15, 0.2) is 41.5 Å². The molecule has 0 bridgehead atoms. The molecule has 0 atom stereocenters. The molecule has 1 aliphatic carbocycles. The van der Waals surface area contributed by atoms with Gasteiger partial charge >= 0.3 is 0 Å². The Balaban J connectivity index is 1.66. The summed E-state index contributed by atoms with van der Waals surface area (Å²) in [6.45, 7) is 0. The third kappa shape index (κ3) is 2.97. The molecule has 4 heterocycles. The number of fused-ring (bicyclic) bond motifs is 2. The Morgan fingerprint density at radius 2 is 2.07 bits per heavy atom. The smallest absolute Gasteiger partial charge is 0.228 e. The first-order chi connectivity index (χ1) is 13.6. The van der Waals surface area contributed by atoms with Crippen molar-refractivity contribution in [3.05, 3.63) is 41.5 Å². The van der Waals surface area contributed by atoms with Crippen LogP contribution in [0.3, 0.4) is 0 Å². The molecule has 5 rings (SSSR count). The standard InChI is InChI=1S/C19H16BrN7O/c1-21-17-14-9-22-15(24-18(28)10-2-3-10)7-12(14)13(8-23-17)11-4-5-27-16(6-11)25-19(20)26-27/h4-10H,2-3H2,1H3,(H,21,23)(H,22,24,28). The SMILES string of the molecule is CNc1ncc(-c2ccn3nc(Br)nc3c2)c2cc(NC(=O)C3CC3)ncc12. The van der Waals surface area contributed by atoms with Crippen LogP contribution in [0.1, 0.15) is 12.8 Å². The van der Waals surface area contributed by atoms with Crippen molar-refractivity contribution < 1.29 is 4.79 Å². The van der Waals surface area contributed by atoms with Crippen LogP contribution < -0.4 is 10.6 Å². The van der Waals surface area contributed by atoms with Crippen molar-refractivity contribution in [3.8, 4) is 11.1 Å². The number of pyridine rings is 3. The van der Waals surface area contributed by atoms with E-state index in [0.717, 1.165) is 46.2 Å². The Morgan fingerprint density at radius 3 is 2.86 bits per heavy atom. The molecule has 0 radical (unpaired) electrons. The van der Waals surface area contributed by atoms with Gasteiger partial charge in [-0.3, -0.25) is 4.79 Å². The van der Waals surface area contributed by atoms with Crippen molar-refractivity contribution in [1.82, 2.24) is 24.6 Å². The zero-order chi connectivity index (χ0) is 19.3. The number of hydrogen-bond donors (Lipinski definition) is 2. The van der Waals surface area contributed by atoms with Crippen molar-refractivity contribution >= 4 is 49.9 Å². The number of amides is 1. The fraction of sp³-hybridized carbons (Fsp3) is 0.211. The summed E-state index contributed by atoms with van der Waals surface area (Å²) < 4.78 is 2.24. The lowest BCUT2D eigenvalue weighted by Crippen LogP contribution is -2.14. The van der Waals surface area contributed by atoms with Crippen LogP contribution in [0, 0.1) is 5.92 Å². The highest BCUT2D eigenvalue weighted by atomic mass is 79.9. The second-order valence-corrected chi connectivity index (χ2v) is 7.46. The van der Waals surface area contributed by atoms with Crippen LogP contribution in [0.25, 0.3) is 27.5 Å². The molecule has 0 spiro atoms. The second kappa shape index (κ2) is 6.52. The van der Waals surface area contributed by atoms with Gasteiger partial charge in [-0.15, -0.1) is 5.10 Å². The van der Waals surface area contributed by atoms with Crippen LogP contribution in [-0.4, -0.2) is 37.5 Å². The normalized spacial score (nSPS) is 13.8. The number of anilines is 2. The van der Waals surface area contributed by atoms with Crippen molar-refractivity contribution in [1.29, 1.82) is 0 Å². The zero-order valence-electron chi connectivity index (χ0n) is 15.0. The molecule has 0 saturated heterocycles. The molecule has 1 saturated carbocycles. The lowest BCUT2D eigenvalue weighted by Gasteiger charge is -2.12. The van der Waals surface area contributed by atoms with Crippen LogP contribution in [0.2, 0.25) is 0 Å². The Morgan fingerprint density at radius 1 is 1.21 bits per heavy atom. The van der Waals surface area contributed by atoms with E-state index in [1.54, 1.807) is 10.7 Å². The van der Waals surface area contributed by atoms with Gasteiger partial charge in [0, 0.05) is 42.5 Å². The van der Waals surface area contributed by atoms with Crippen LogP contribution in [0.4, 0.5) is 11.6 Å². The predicted molar refractivity (Wildman–Crippen MR) is 110 cm³/mol. The minimum atomic E-state index is 0.0334. The zero-order valence-corrected chi connectivity index (χ0v) is 16.6. The summed E-state index contributed by atoms with van der Waals surface area (Å²) in [6.07, 6.45) is 7.32. The van der Waals surface area contributed by atoms with E-state index in [4.69, 9.17) is 0 Å². The maximum atomic E-state index is 12.1. The van der Waals surface area contributed by atoms with Gasteiger partial charge in [-0.2, -0.15) is 0 Å². The van der Waals surface area contributed by atoms with Crippen molar-refractivity contribution in [2.45, 2.75) is 12.8 Å². The minimum absolute atomic E-state index is 0.0334. The third-order valence-corrected chi connectivity index (χ3v) is 5.17. The van der Waals surface area contributed by atoms with E-state index in [2.05, 4.69) is 46.6 Å². The molecule has 0 aromatic carbocycles. The molecule has 1 aliphatic rings. The maximum absolute atomic E-state index is 12.1. The Kier molecular flexibility index (Phi) is 3.97. The van der Waals surface area contributed by atoms with Gasteiger partial charge in [0.15, 0.2) is 5.65 Å². The summed E-state index contributed by atoms with van der Waals surface area (Å²) in [5.41, 5.74) is 2.62. The largest absolute Gasteiger partial charge is 0.373 e. The first kappa shape index (κ1) is 17.1. The van der Waals surface area contributed by atoms with Crippen LogP contribution >= 0.6 is 15.9 Å². The van der Waals surface area contributed by atoms with Gasteiger partial charge in [0.25, 0.3) is 0 Å². The molecule has 1 amide bonds. The summed E-state index contributed by atoms with van der Waals surface area (Å²) in [5, 5.41) is 12.1. The van der Waals surface area contributed by atoms with E-state index >= 15 is 0 Å². The van der Waals surface area contributed by atoms with E-state index in [9.17, 15) is 4.79 Å². The summed E-state index contributed by atoms with van der Waals surface area (Å²) in [6, 6.07) is 5.82. The summed E-state index contributed by atoms with van der Waals surface area (Å²) in [5.74, 6) is 1.44. The highest BCUT2D eigenvalue weighted by Gasteiger charge is 2.29. The highest BCUT2D eigenvalue weighted by molar-refractivity contribution is 9.10. The quantitative estimate of drug-likeness (QED) is 0.507. The topological polar surface area (TPSA) is 97.1 Å². The number of rotatable bonds is 4. The lowest BCUT2D eigenvalue weighted by molar-refractivity contribution is -0.117. The summed E-state index contributed by atoms with van der Waals surface area (Å²) in [4.78, 5) is 25.4. The van der Waals surface area contributed by atoms with E-state index in [-0.39, 0.29) is 11.8 Å². The van der Waals surface area contributed by atoms with Crippen LogP contribution in [0.5, 0.6) is 0 Å². The molecular weight excluding hydrogens is 422 g/mol. The lowest BCUT2D eigenvalue weighted by atomic mass is 10.0. The van der Waals surface area contributed by atoms with Crippen LogP contribution in [-0.2, 0) is 4.79 Å². The molecule has 1 fully saturated rings. The number of nitrogens with one attached hydrogen (secondary N) is 2. The number of carbonyl (C=O) groups is 1. The molecule has 9 heteroatoms. The van der Waals surface area contributed by atoms with E-state index in [1.807, 2.05) is 37.6 Å². The molecular formula is C19H16BrN7O. The first-order valence-corrected chi connectivity index (χ1v) is 9.71. The molecule has 4 aromatic rings. The van der Waals surface area contributed by atoms with Crippen molar-refractivity contribution in [3.63, 3.8) is 0 Å². The first-order valence-electron chi connectivity index (χ1n) is 8.92. The van der Waals surface area contributed by atoms with Crippen molar-refractivity contribution in [2.24, 2.45) is 5.92 Å². The number of nitrogens with zero attached hydrogens (tertiary/aromatic N) is 5. The fourth-order valence-electron chi connectivity index (χ4n) is 3.23. The summed E-state index contributed by atoms with van der Waals surface area (Å²) in [7, 11) is 1.82. The molecule has 0 unspecified atom stereocenters. The number of hydrogen-bond acceptors (Lipinski definition) is 6. The van der Waals surface area contributed by atoms with E-state index < -0.39 is 0 Å². The van der Waals surface area contributed by atoms with Crippen molar-refractivity contribution in [2.75, 3.05) is 17.7 Å². The van der Waals surface area contributed by atoms with Gasteiger partial charge in [-0.1, -0.05) is 0 Å². The molecule has 140 valence electrons. The van der Waals surface area contributed by atoms with Gasteiger partial charge in [0.2, 0.25) is 10.6 Å². The predicted octanol–water partition coefficient (Wildman–Crippen LogP) is 3.49. The number of carbonyl (C=O) groups excluding carboxylic acids is 1. The highest BCUT2D eigenvalue weighted by Crippen LogP contribution is 2.34. The molecule has 8 nitrogen and oxygen atoms in total. The van der Waals surface area contributed by atoms with Gasteiger partial charge in [0.1, 0.15) is 11.6 Å². The van der Waals surface area contributed by atoms with E-state index in [0.29, 0.717) is 10.6 Å². The monoisotopic (exact) mass is 437 g/mol. The fourth-order valence-corrected chi connectivity index (χ4v) is 3.58. The summed E-state index contributed by atoms with van der Waals surface area (Å²) >= 11 is 3.30.